The minimum Gasteiger partial charge on any atom is -0.319 e. The first-order valence-corrected chi connectivity index (χ1v) is 7.67. The van der Waals surface area contributed by atoms with Crippen LogP contribution in [0.25, 0.3) is 0 Å². The molecular weight excluding hydrogens is 232 g/mol. The van der Waals surface area contributed by atoms with Crippen LogP contribution in [0.3, 0.4) is 0 Å². The highest BCUT2D eigenvalue weighted by atomic mass is 14.9. The number of likely N-dealkylation sites (N-methyl/N-ethyl adjacent to an activating group) is 1. The highest BCUT2D eigenvalue weighted by Crippen LogP contribution is 2.30. The Hall–Kier alpha value is -0.860. The SMILES string of the molecule is CNCC(c1cccc(C2CCNCC2)c1)C(C)C. The predicted octanol–water partition coefficient (Wildman–Crippen LogP) is 3.11. The fraction of sp³-hybridized carbons (Fsp3) is 0.647. The fourth-order valence-electron chi connectivity index (χ4n) is 3.16. The Labute approximate surface area is 118 Å². The van der Waals surface area contributed by atoms with Crippen LogP contribution in [0.4, 0.5) is 0 Å². The van der Waals surface area contributed by atoms with Crippen molar-refractivity contribution in [3.05, 3.63) is 35.4 Å². The smallest absolute Gasteiger partial charge is 0.00196 e. The zero-order valence-corrected chi connectivity index (χ0v) is 12.6. The molecule has 2 N–H and O–H groups in total. The lowest BCUT2D eigenvalue weighted by Gasteiger charge is -2.26. The highest BCUT2D eigenvalue weighted by molar-refractivity contribution is 5.30. The Balaban J connectivity index is 2.17. The van der Waals surface area contributed by atoms with E-state index >= 15 is 0 Å². The summed E-state index contributed by atoms with van der Waals surface area (Å²) < 4.78 is 0. The van der Waals surface area contributed by atoms with Crippen molar-refractivity contribution < 1.29 is 0 Å². The number of rotatable bonds is 5. The van der Waals surface area contributed by atoms with E-state index < -0.39 is 0 Å². The zero-order valence-electron chi connectivity index (χ0n) is 12.6. The second-order valence-electron chi connectivity index (χ2n) is 6.10. The van der Waals surface area contributed by atoms with Gasteiger partial charge in [0.05, 0.1) is 0 Å². The second-order valence-corrected chi connectivity index (χ2v) is 6.10. The van der Waals surface area contributed by atoms with Crippen LogP contribution in [-0.2, 0) is 0 Å². The van der Waals surface area contributed by atoms with E-state index in [0.717, 1.165) is 12.5 Å². The fourth-order valence-corrected chi connectivity index (χ4v) is 3.16. The van der Waals surface area contributed by atoms with Crippen LogP contribution in [0.5, 0.6) is 0 Å². The first-order chi connectivity index (χ1) is 9.22. The summed E-state index contributed by atoms with van der Waals surface area (Å²) in [5.74, 6) is 2.05. The van der Waals surface area contributed by atoms with Crippen molar-refractivity contribution in [2.45, 2.75) is 38.5 Å². The maximum atomic E-state index is 3.45. The lowest BCUT2D eigenvalue weighted by atomic mass is 9.84. The van der Waals surface area contributed by atoms with Gasteiger partial charge < -0.3 is 10.6 Å². The molecular formula is C17H28N2. The Morgan fingerprint density at radius 1 is 1.26 bits per heavy atom. The molecule has 0 aromatic heterocycles. The summed E-state index contributed by atoms with van der Waals surface area (Å²) in [7, 11) is 2.05. The molecule has 1 atom stereocenters. The Morgan fingerprint density at radius 2 is 2.00 bits per heavy atom. The van der Waals surface area contributed by atoms with Gasteiger partial charge in [-0.2, -0.15) is 0 Å². The molecule has 1 unspecified atom stereocenters. The van der Waals surface area contributed by atoms with Crippen molar-refractivity contribution in [3.63, 3.8) is 0 Å². The summed E-state index contributed by atoms with van der Waals surface area (Å²) in [5, 5.41) is 6.79. The topological polar surface area (TPSA) is 24.1 Å². The van der Waals surface area contributed by atoms with Crippen molar-refractivity contribution in [1.82, 2.24) is 10.6 Å². The van der Waals surface area contributed by atoms with Gasteiger partial charge in [0.15, 0.2) is 0 Å². The molecule has 0 radical (unpaired) electrons. The van der Waals surface area contributed by atoms with Crippen molar-refractivity contribution >= 4 is 0 Å². The molecule has 1 saturated heterocycles. The second kappa shape index (κ2) is 7.06. The molecule has 2 rings (SSSR count). The van der Waals surface area contributed by atoms with Gasteiger partial charge in [-0.1, -0.05) is 38.1 Å². The molecule has 1 heterocycles. The standard InChI is InChI=1S/C17H28N2/c1-13(2)17(12-18-3)16-6-4-5-15(11-16)14-7-9-19-10-8-14/h4-6,11,13-14,17-19H,7-10,12H2,1-3H3. The summed E-state index contributed by atoms with van der Waals surface area (Å²) in [4.78, 5) is 0. The van der Waals surface area contributed by atoms with Crippen LogP contribution < -0.4 is 10.6 Å². The monoisotopic (exact) mass is 260 g/mol. The van der Waals surface area contributed by atoms with Gasteiger partial charge in [0, 0.05) is 6.54 Å². The molecule has 0 bridgehead atoms. The number of piperidine rings is 1. The summed E-state index contributed by atoms with van der Waals surface area (Å²) >= 11 is 0. The number of hydrogen-bond acceptors (Lipinski definition) is 2. The molecule has 1 aliphatic rings. The summed E-state index contributed by atoms with van der Waals surface area (Å²) in [6.07, 6.45) is 2.56. The average Bonchev–Trinajstić information content (AvgIpc) is 2.45. The Kier molecular flexibility index (Phi) is 5.41. The minimum atomic E-state index is 0.617. The van der Waals surface area contributed by atoms with Crippen molar-refractivity contribution in [2.24, 2.45) is 5.92 Å². The van der Waals surface area contributed by atoms with Crippen molar-refractivity contribution in [1.29, 1.82) is 0 Å². The van der Waals surface area contributed by atoms with Gasteiger partial charge >= 0.3 is 0 Å². The van der Waals surface area contributed by atoms with Gasteiger partial charge in [-0.05, 0) is 61.9 Å². The third kappa shape index (κ3) is 3.80. The number of benzene rings is 1. The first-order valence-electron chi connectivity index (χ1n) is 7.67. The predicted molar refractivity (Wildman–Crippen MR) is 82.8 cm³/mol. The van der Waals surface area contributed by atoms with Gasteiger partial charge in [0.25, 0.3) is 0 Å². The normalized spacial score (nSPS) is 18.7. The van der Waals surface area contributed by atoms with Crippen LogP contribution in [0.15, 0.2) is 24.3 Å². The largest absolute Gasteiger partial charge is 0.319 e. The average molecular weight is 260 g/mol. The molecule has 0 saturated carbocycles. The highest BCUT2D eigenvalue weighted by Gasteiger charge is 2.19. The molecule has 1 aliphatic heterocycles. The van der Waals surface area contributed by atoms with Crippen molar-refractivity contribution in [2.75, 3.05) is 26.7 Å². The third-order valence-electron chi connectivity index (χ3n) is 4.38. The van der Waals surface area contributed by atoms with Gasteiger partial charge in [-0.3, -0.25) is 0 Å². The van der Waals surface area contributed by atoms with E-state index in [0.29, 0.717) is 11.8 Å². The molecule has 2 nitrogen and oxygen atoms in total. The van der Waals surface area contributed by atoms with Gasteiger partial charge in [0.2, 0.25) is 0 Å². The number of hydrogen-bond donors (Lipinski definition) is 2. The van der Waals surface area contributed by atoms with Crippen LogP contribution in [-0.4, -0.2) is 26.7 Å². The maximum absolute atomic E-state index is 3.45. The Bertz CT molecular complexity index is 381. The lowest BCUT2D eigenvalue weighted by Crippen LogP contribution is -2.27. The molecule has 0 spiro atoms. The number of nitrogens with one attached hydrogen (secondary N) is 2. The van der Waals surface area contributed by atoms with E-state index in [1.54, 1.807) is 5.56 Å². The molecule has 0 amide bonds. The molecule has 19 heavy (non-hydrogen) atoms. The molecule has 0 aliphatic carbocycles. The summed E-state index contributed by atoms with van der Waals surface area (Å²) in [5.41, 5.74) is 3.04. The van der Waals surface area contributed by atoms with E-state index in [2.05, 4.69) is 48.7 Å². The van der Waals surface area contributed by atoms with Crippen LogP contribution in [0.1, 0.15) is 49.7 Å². The van der Waals surface area contributed by atoms with E-state index in [4.69, 9.17) is 0 Å². The molecule has 2 heteroatoms. The van der Waals surface area contributed by atoms with E-state index in [1.807, 2.05) is 7.05 Å². The van der Waals surface area contributed by atoms with E-state index in [1.165, 1.54) is 31.5 Å². The molecule has 106 valence electrons. The van der Waals surface area contributed by atoms with Gasteiger partial charge in [0.1, 0.15) is 0 Å². The third-order valence-corrected chi connectivity index (χ3v) is 4.38. The first kappa shape index (κ1) is 14.5. The zero-order chi connectivity index (χ0) is 13.7. The lowest BCUT2D eigenvalue weighted by molar-refractivity contribution is 0.456. The van der Waals surface area contributed by atoms with Crippen LogP contribution in [0.2, 0.25) is 0 Å². The quantitative estimate of drug-likeness (QED) is 0.850. The summed E-state index contributed by atoms with van der Waals surface area (Å²) in [6, 6.07) is 9.32. The van der Waals surface area contributed by atoms with Gasteiger partial charge in [-0.25, -0.2) is 0 Å². The van der Waals surface area contributed by atoms with E-state index in [9.17, 15) is 0 Å². The van der Waals surface area contributed by atoms with Crippen LogP contribution in [0, 0.1) is 5.92 Å². The van der Waals surface area contributed by atoms with E-state index in [-0.39, 0.29) is 0 Å². The Morgan fingerprint density at radius 3 is 2.63 bits per heavy atom. The maximum Gasteiger partial charge on any atom is 0.00196 e. The van der Waals surface area contributed by atoms with Crippen LogP contribution >= 0.6 is 0 Å². The van der Waals surface area contributed by atoms with Gasteiger partial charge in [-0.15, -0.1) is 0 Å². The molecule has 1 aromatic carbocycles. The van der Waals surface area contributed by atoms with Crippen molar-refractivity contribution in [3.8, 4) is 0 Å². The minimum absolute atomic E-state index is 0.617. The summed E-state index contributed by atoms with van der Waals surface area (Å²) in [6.45, 7) is 8.03. The molecule has 1 fully saturated rings. The molecule has 1 aromatic rings.